The van der Waals surface area contributed by atoms with Gasteiger partial charge in [-0.3, -0.25) is 4.79 Å². The largest absolute Gasteiger partial charge is 0.289 e. The van der Waals surface area contributed by atoms with Crippen molar-refractivity contribution in [1.29, 1.82) is 5.26 Å². The molecule has 0 aliphatic rings. The fraction of sp³-hybridized carbons (Fsp3) is 0.0667. The van der Waals surface area contributed by atoms with Crippen LogP contribution in [0.5, 0.6) is 0 Å². The Labute approximate surface area is 101 Å². The topological polar surface area (TPSA) is 40.9 Å². The highest BCUT2D eigenvalue weighted by Crippen LogP contribution is 2.08. The lowest BCUT2D eigenvalue weighted by atomic mass is 10.0. The van der Waals surface area contributed by atoms with E-state index in [0.29, 0.717) is 0 Å². The molecule has 0 bridgehead atoms. The molecule has 0 heterocycles. The lowest BCUT2D eigenvalue weighted by Crippen LogP contribution is -1.99. The van der Waals surface area contributed by atoms with Crippen molar-refractivity contribution >= 4 is 5.78 Å². The first-order chi connectivity index (χ1) is 8.29. The van der Waals surface area contributed by atoms with Gasteiger partial charge in [-0.15, -0.1) is 0 Å². The zero-order valence-electron chi connectivity index (χ0n) is 9.63. The number of hydrogen-bond acceptors (Lipinski definition) is 2. The van der Waals surface area contributed by atoms with Gasteiger partial charge >= 0.3 is 0 Å². The van der Waals surface area contributed by atoms with Crippen LogP contribution in [0.15, 0.2) is 60.7 Å². The van der Waals surface area contributed by atoms with Crippen LogP contribution < -0.4 is 0 Å². The van der Waals surface area contributed by atoms with E-state index in [1.807, 2.05) is 60.7 Å². The molecule has 0 atom stereocenters. The minimum absolute atomic E-state index is 0.0752. The molecule has 2 heteroatoms. The normalized spacial score (nSPS) is 8.47. The maximum absolute atomic E-state index is 11.8. The molecule has 0 aliphatic heterocycles. The number of carbonyl (C=O) groups is 1. The predicted molar refractivity (Wildman–Crippen MR) is 67.6 cm³/mol. The third-order valence-electron chi connectivity index (χ3n) is 2.07. The Balaban J connectivity index is 0.000000437. The molecule has 2 aromatic rings. The summed E-state index contributed by atoms with van der Waals surface area (Å²) >= 11 is 0. The lowest BCUT2D eigenvalue weighted by molar-refractivity contribution is 0.103. The highest BCUT2D eigenvalue weighted by Gasteiger charge is 2.06. The first kappa shape index (κ1) is 12.7. The van der Waals surface area contributed by atoms with Crippen LogP contribution in [0.3, 0.4) is 0 Å². The molecule has 0 amide bonds. The molecule has 0 radical (unpaired) electrons. The monoisotopic (exact) mass is 223 g/mol. The van der Waals surface area contributed by atoms with Crippen LogP contribution >= 0.6 is 0 Å². The van der Waals surface area contributed by atoms with E-state index in [9.17, 15) is 4.79 Å². The van der Waals surface area contributed by atoms with E-state index in [2.05, 4.69) is 0 Å². The Morgan fingerprint density at radius 1 is 0.882 bits per heavy atom. The Morgan fingerprint density at radius 2 is 1.18 bits per heavy atom. The molecule has 0 saturated carbocycles. The molecule has 2 aromatic carbocycles. The van der Waals surface area contributed by atoms with Crippen molar-refractivity contribution in [1.82, 2.24) is 0 Å². The van der Waals surface area contributed by atoms with Crippen molar-refractivity contribution < 1.29 is 4.79 Å². The Hall–Kier alpha value is -2.40. The summed E-state index contributed by atoms with van der Waals surface area (Å²) in [5.41, 5.74) is 1.47. The Morgan fingerprint density at radius 3 is 1.47 bits per heavy atom. The number of nitriles is 1. The molecule has 0 spiro atoms. The molecular formula is C15H13NO. The van der Waals surface area contributed by atoms with Gasteiger partial charge < -0.3 is 0 Å². The van der Waals surface area contributed by atoms with Crippen LogP contribution in [0.4, 0.5) is 0 Å². The predicted octanol–water partition coefficient (Wildman–Crippen LogP) is 3.45. The molecule has 0 aliphatic carbocycles. The second-order valence-corrected chi connectivity index (χ2v) is 3.28. The average molecular weight is 223 g/mol. The molecule has 84 valence electrons. The van der Waals surface area contributed by atoms with Crippen LogP contribution in [-0.2, 0) is 0 Å². The summed E-state index contributed by atoms with van der Waals surface area (Å²) in [5.74, 6) is 0.0752. The van der Waals surface area contributed by atoms with E-state index in [1.54, 1.807) is 6.07 Å². The SMILES string of the molecule is CC#N.O=C(c1ccccc1)c1ccccc1. The Bertz CT molecular complexity index is 456. The first-order valence-corrected chi connectivity index (χ1v) is 5.25. The van der Waals surface area contributed by atoms with E-state index >= 15 is 0 Å². The first-order valence-electron chi connectivity index (χ1n) is 5.25. The smallest absolute Gasteiger partial charge is 0.193 e. The van der Waals surface area contributed by atoms with E-state index in [4.69, 9.17) is 5.26 Å². The number of rotatable bonds is 2. The third kappa shape index (κ3) is 3.92. The Kier molecular flexibility index (Phi) is 5.19. The van der Waals surface area contributed by atoms with E-state index < -0.39 is 0 Å². The van der Waals surface area contributed by atoms with Crippen molar-refractivity contribution in [3.8, 4) is 6.07 Å². The van der Waals surface area contributed by atoms with Crippen LogP contribution in [0.2, 0.25) is 0 Å². The molecule has 0 saturated heterocycles. The van der Waals surface area contributed by atoms with Crippen molar-refractivity contribution in [3.63, 3.8) is 0 Å². The summed E-state index contributed by atoms with van der Waals surface area (Å²) in [4.78, 5) is 11.8. The summed E-state index contributed by atoms with van der Waals surface area (Å²) in [5, 5.41) is 7.32. The zero-order chi connectivity index (χ0) is 12.5. The van der Waals surface area contributed by atoms with Crippen LogP contribution in [0.25, 0.3) is 0 Å². The third-order valence-corrected chi connectivity index (χ3v) is 2.07. The van der Waals surface area contributed by atoms with Gasteiger partial charge in [-0.25, -0.2) is 0 Å². The average Bonchev–Trinajstić information content (AvgIpc) is 2.41. The van der Waals surface area contributed by atoms with Crippen LogP contribution in [0, 0.1) is 11.3 Å². The van der Waals surface area contributed by atoms with Gasteiger partial charge in [0.1, 0.15) is 0 Å². The molecular weight excluding hydrogens is 210 g/mol. The van der Waals surface area contributed by atoms with Crippen molar-refractivity contribution in [2.45, 2.75) is 6.92 Å². The summed E-state index contributed by atoms with van der Waals surface area (Å²) in [7, 11) is 0. The summed E-state index contributed by atoms with van der Waals surface area (Å²) in [6, 6.07) is 20.4. The van der Waals surface area contributed by atoms with Gasteiger partial charge in [0.25, 0.3) is 0 Å². The number of nitrogens with zero attached hydrogens (tertiary/aromatic N) is 1. The number of carbonyl (C=O) groups excluding carboxylic acids is 1. The number of ketones is 1. The standard InChI is InChI=1S/C13H10O.C2H3N/c14-13(11-7-3-1-4-8-11)12-9-5-2-6-10-12;1-2-3/h1-10H;1H3. The van der Waals surface area contributed by atoms with Crippen LogP contribution in [0.1, 0.15) is 22.8 Å². The molecule has 0 aromatic heterocycles. The van der Waals surface area contributed by atoms with Gasteiger partial charge in [0.05, 0.1) is 6.07 Å². The quantitative estimate of drug-likeness (QED) is 0.731. The second kappa shape index (κ2) is 6.97. The number of benzene rings is 2. The van der Waals surface area contributed by atoms with E-state index in [-0.39, 0.29) is 5.78 Å². The zero-order valence-corrected chi connectivity index (χ0v) is 9.63. The highest BCUT2D eigenvalue weighted by molar-refractivity contribution is 6.08. The molecule has 0 unspecified atom stereocenters. The van der Waals surface area contributed by atoms with Gasteiger partial charge in [-0.05, 0) is 0 Å². The molecule has 0 fully saturated rings. The van der Waals surface area contributed by atoms with Crippen LogP contribution in [-0.4, -0.2) is 5.78 Å². The van der Waals surface area contributed by atoms with Gasteiger partial charge in [-0.2, -0.15) is 5.26 Å². The fourth-order valence-electron chi connectivity index (χ4n) is 1.35. The van der Waals surface area contributed by atoms with Crippen molar-refractivity contribution in [2.75, 3.05) is 0 Å². The van der Waals surface area contributed by atoms with Gasteiger partial charge in [0.2, 0.25) is 0 Å². The maximum atomic E-state index is 11.8. The molecule has 2 rings (SSSR count). The molecule has 0 N–H and O–H groups in total. The molecule has 17 heavy (non-hydrogen) atoms. The minimum Gasteiger partial charge on any atom is -0.289 e. The second-order valence-electron chi connectivity index (χ2n) is 3.28. The van der Waals surface area contributed by atoms with Gasteiger partial charge in [0, 0.05) is 18.1 Å². The maximum Gasteiger partial charge on any atom is 0.193 e. The minimum atomic E-state index is 0.0752. The van der Waals surface area contributed by atoms with E-state index in [1.165, 1.54) is 6.92 Å². The summed E-state index contributed by atoms with van der Waals surface area (Å²) in [6.45, 7) is 1.43. The molecule has 2 nitrogen and oxygen atoms in total. The lowest BCUT2D eigenvalue weighted by Gasteiger charge is -1.99. The number of hydrogen-bond donors (Lipinski definition) is 0. The van der Waals surface area contributed by atoms with Gasteiger partial charge in [-0.1, -0.05) is 60.7 Å². The van der Waals surface area contributed by atoms with Crippen molar-refractivity contribution in [2.24, 2.45) is 0 Å². The van der Waals surface area contributed by atoms with Gasteiger partial charge in [0.15, 0.2) is 5.78 Å². The van der Waals surface area contributed by atoms with Crippen molar-refractivity contribution in [3.05, 3.63) is 71.8 Å². The summed E-state index contributed by atoms with van der Waals surface area (Å²) in [6.07, 6.45) is 0. The fourth-order valence-corrected chi connectivity index (χ4v) is 1.35. The van der Waals surface area contributed by atoms with E-state index in [0.717, 1.165) is 11.1 Å². The highest BCUT2D eigenvalue weighted by atomic mass is 16.1. The summed E-state index contributed by atoms with van der Waals surface area (Å²) < 4.78 is 0.